The standard InChI is InChI=1S/C19H18FN3O2/c20-17-10-16(6-7-18(17)23-9-8-21-14-23)11-22-19(24)13-25-12-15-4-2-1-3-5-15/h1-10,14H,11-13H2,(H,22,24). The second-order valence-corrected chi connectivity index (χ2v) is 5.51. The van der Waals surface area contributed by atoms with Gasteiger partial charge in [0, 0.05) is 18.9 Å². The number of aromatic nitrogens is 2. The molecule has 0 atom stereocenters. The lowest BCUT2D eigenvalue weighted by atomic mass is 10.2. The minimum atomic E-state index is -0.370. The van der Waals surface area contributed by atoms with Crippen molar-refractivity contribution in [2.75, 3.05) is 6.61 Å². The molecule has 0 aliphatic carbocycles. The van der Waals surface area contributed by atoms with Crippen molar-refractivity contribution in [2.45, 2.75) is 13.2 Å². The van der Waals surface area contributed by atoms with Crippen LogP contribution in [0.5, 0.6) is 0 Å². The van der Waals surface area contributed by atoms with Crippen LogP contribution in [0.2, 0.25) is 0 Å². The SMILES string of the molecule is O=C(COCc1ccccc1)NCc1ccc(-n2ccnc2)c(F)c1. The molecule has 128 valence electrons. The number of hydrogen-bond acceptors (Lipinski definition) is 3. The molecule has 3 rings (SSSR count). The molecule has 1 heterocycles. The van der Waals surface area contributed by atoms with E-state index in [9.17, 15) is 9.18 Å². The van der Waals surface area contributed by atoms with Crippen molar-refractivity contribution < 1.29 is 13.9 Å². The van der Waals surface area contributed by atoms with Gasteiger partial charge >= 0.3 is 0 Å². The average molecular weight is 339 g/mol. The van der Waals surface area contributed by atoms with Gasteiger partial charge in [0.15, 0.2) is 0 Å². The van der Waals surface area contributed by atoms with E-state index < -0.39 is 0 Å². The van der Waals surface area contributed by atoms with Gasteiger partial charge in [0.25, 0.3) is 0 Å². The van der Waals surface area contributed by atoms with Crippen LogP contribution in [0.1, 0.15) is 11.1 Å². The number of nitrogens with zero attached hydrogens (tertiary/aromatic N) is 2. The Bertz CT molecular complexity index is 820. The van der Waals surface area contributed by atoms with E-state index in [-0.39, 0.29) is 24.9 Å². The van der Waals surface area contributed by atoms with Crippen molar-refractivity contribution in [3.8, 4) is 5.69 Å². The minimum absolute atomic E-state index is 0.0372. The predicted octanol–water partition coefficient (Wildman–Crippen LogP) is 2.84. The third kappa shape index (κ3) is 4.74. The van der Waals surface area contributed by atoms with Gasteiger partial charge in [-0.1, -0.05) is 36.4 Å². The summed E-state index contributed by atoms with van der Waals surface area (Å²) in [4.78, 5) is 15.7. The summed E-state index contributed by atoms with van der Waals surface area (Å²) in [7, 11) is 0. The quantitative estimate of drug-likeness (QED) is 0.720. The number of carbonyl (C=O) groups is 1. The van der Waals surface area contributed by atoms with E-state index >= 15 is 0 Å². The van der Waals surface area contributed by atoms with E-state index in [1.54, 1.807) is 29.1 Å². The topological polar surface area (TPSA) is 56.1 Å². The minimum Gasteiger partial charge on any atom is -0.367 e. The van der Waals surface area contributed by atoms with Gasteiger partial charge in [0.2, 0.25) is 5.91 Å². The summed E-state index contributed by atoms with van der Waals surface area (Å²) in [5.74, 6) is -0.611. The molecule has 2 aromatic carbocycles. The average Bonchev–Trinajstić information content (AvgIpc) is 3.15. The monoisotopic (exact) mass is 339 g/mol. The number of halogens is 1. The van der Waals surface area contributed by atoms with Crippen LogP contribution in [-0.4, -0.2) is 22.1 Å². The highest BCUT2D eigenvalue weighted by Crippen LogP contribution is 2.14. The van der Waals surface area contributed by atoms with Crippen LogP contribution < -0.4 is 5.32 Å². The number of nitrogens with one attached hydrogen (secondary N) is 1. The molecule has 0 aliphatic rings. The highest BCUT2D eigenvalue weighted by Gasteiger charge is 2.07. The van der Waals surface area contributed by atoms with Gasteiger partial charge in [-0.3, -0.25) is 4.79 Å². The summed E-state index contributed by atoms with van der Waals surface area (Å²) in [6.07, 6.45) is 4.79. The molecule has 0 aliphatic heterocycles. The third-order valence-electron chi connectivity index (χ3n) is 3.63. The normalized spacial score (nSPS) is 10.6. The van der Waals surface area contributed by atoms with Gasteiger partial charge in [-0.2, -0.15) is 0 Å². The molecule has 1 aromatic heterocycles. The number of rotatable bonds is 7. The second kappa shape index (κ2) is 8.21. The summed E-state index contributed by atoms with van der Waals surface area (Å²) in [6, 6.07) is 14.5. The molecule has 6 heteroatoms. The maximum Gasteiger partial charge on any atom is 0.246 e. The molecule has 0 saturated heterocycles. The molecule has 3 aromatic rings. The van der Waals surface area contributed by atoms with Gasteiger partial charge < -0.3 is 14.6 Å². The van der Waals surface area contributed by atoms with Crippen LogP contribution in [0.15, 0.2) is 67.3 Å². The smallest absolute Gasteiger partial charge is 0.246 e. The van der Waals surface area contributed by atoms with Crippen LogP contribution in [0.3, 0.4) is 0 Å². The van der Waals surface area contributed by atoms with Crippen LogP contribution in [0, 0.1) is 5.82 Å². The Kier molecular flexibility index (Phi) is 5.53. The first-order valence-electron chi connectivity index (χ1n) is 7.87. The van der Waals surface area contributed by atoms with Crippen molar-refractivity contribution in [2.24, 2.45) is 0 Å². The predicted molar refractivity (Wildman–Crippen MR) is 91.5 cm³/mol. The summed E-state index contributed by atoms with van der Waals surface area (Å²) >= 11 is 0. The summed E-state index contributed by atoms with van der Waals surface area (Å²) < 4.78 is 21.1. The van der Waals surface area contributed by atoms with Gasteiger partial charge in [-0.15, -0.1) is 0 Å². The molecule has 0 fully saturated rings. The lowest BCUT2D eigenvalue weighted by Gasteiger charge is -2.09. The van der Waals surface area contributed by atoms with Crippen molar-refractivity contribution in [1.82, 2.24) is 14.9 Å². The molecule has 25 heavy (non-hydrogen) atoms. The van der Waals surface area contributed by atoms with Gasteiger partial charge in [0.1, 0.15) is 12.4 Å². The van der Waals surface area contributed by atoms with E-state index in [2.05, 4.69) is 10.3 Å². The Morgan fingerprint density at radius 3 is 2.72 bits per heavy atom. The largest absolute Gasteiger partial charge is 0.367 e. The van der Waals surface area contributed by atoms with Gasteiger partial charge in [-0.25, -0.2) is 9.37 Å². The number of benzene rings is 2. The number of ether oxygens (including phenoxy) is 1. The summed E-state index contributed by atoms with van der Waals surface area (Å²) in [5, 5.41) is 2.72. The Morgan fingerprint density at radius 2 is 2.00 bits per heavy atom. The van der Waals surface area contributed by atoms with Gasteiger partial charge in [0.05, 0.1) is 18.6 Å². The fourth-order valence-electron chi connectivity index (χ4n) is 2.36. The molecule has 0 unspecified atom stereocenters. The first-order valence-corrected chi connectivity index (χ1v) is 7.87. The molecule has 0 spiro atoms. The Morgan fingerprint density at radius 1 is 1.16 bits per heavy atom. The Labute approximate surface area is 145 Å². The zero-order chi connectivity index (χ0) is 17.5. The van der Waals surface area contributed by atoms with Crippen LogP contribution in [-0.2, 0) is 22.7 Å². The maximum atomic E-state index is 14.1. The zero-order valence-electron chi connectivity index (χ0n) is 13.6. The zero-order valence-corrected chi connectivity index (χ0v) is 13.6. The molecular formula is C19H18FN3O2. The van der Waals surface area contributed by atoms with E-state index in [0.717, 1.165) is 5.56 Å². The highest BCUT2D eigenvalue weighted by molar-refractivity contribution is 5.77. The van der Waals surface area contributed by atoms with E-state index in [1.165, 1.54) is 12.4 Å². The first-order chi connectivity index (χ1) is 12.2. The molecule has 0 bridgehead atoms. The van der Waals surface area contributed by atoms with Gasteiger partial charge in [-0.05, 0) is 23.3 Å². The first kappa shape index (κ1) is 16.9. The van der Waals surface area contributed by atoms with Crippen LogP contribution in [0.4, 0.5) is 4.39 Å². The lowest BCUT2D eigenvalue weighted by molar-refractivity contribution is -0.126. The Hall–Kier alpha value is -2.99. The van der Waals surface area contributed by atoms with Crippen LogP contribution in [0.25, 0.3) is 5.69 Å². The molecule has 5 nitrogen and oxygen atoms in total. The molecule has 1 N–H and O–H groups in total. The van der Waals surface area contributed by atoms with Crippen molar-refractivity contribution in [3.63, 3.8) is 0 Å². The fraction of sp³-hybridized carbons (Fsp3) is 0.158. The summed E-state index contributed by atoms with van der Waals surface area (Å²) in [5.41, 5.74) is 2.10. The summed E-state index contributed by atoms with van der Waals surface area (Å²) in [6.45, 7) is 0.585. The molecule has 0 radical (unpaired) electrons. The van der Waals surface area contributed by atoms with Crippen molar-refractivity contribution in [3.05, 3.63) is 84.2 Å². The van der Waals surface area contributed by atoms with Crippen molar-refractivity contribution in [1.29, 1.82) is 0 Å². The molecule has 0 saturated carbocycles. The fourth-order valence-corrected chi connectivity index (χ4v) is 2.36. The van der Waals surface area contributed by atoms with E-state index in [0.29, 0.717) is 17.9 Å². The third-order valence-corrected chi connectivity index (χ3v) is 3.63. The second-order valence-electron chi connectivity index (χ2n) is 5.51. The maximum absolute atomic E-state index is 14.1. The van der Waals surface area contributed by atoms with E-state index in [1.807, 2.05) is 30.3 Å². The highest BCUT2D eigenvalue weighted by atomic mass is 19.1. The molecular weight excluding hydrogens is 321 g/mol. The number of imidazole rings is 1. The molecule has 1 amide bonds. The Balaban J connectivity index is 1.46. The van der Waals surface area contributed by atoms with Crippen LogP contribution >= 0.6 is 0 Å². The van der Waals surface area contributed by atoms with Crippen molar-refractivity contribution >= 4 is 5.91 Å². The number of carbonyl (C=O) groups excluding carboxylic acids is 1. The number of hydrogen-bond donors (Lipinski definition) is 1. The lowest BCUT2D eigenvalue weighted by Crippen LogP contribution is -2.27. The number of amides is 1. The van der Waals surface area contributed by atoms with E-state index in [4.69, 9.17) is 4.74 Å².